The predicted molar refractivity (Wildman–Crippen MR) is 43.6 cm³/mol. The van der Waals surface area contributed by atoms with Gasteiger partial charge in [-0.05, 0) is 19.3 Å². The Morgan fingerprint density at radius 1 is 1.20 bits per heavy atom. The van der Waals surface area contributed by atoms with Gasteiger partial charge in [0.1, 0.15) is 0 Å². The molecule has 0 aromatic heterocycles. The third kappa shape index (κ3) is 2.12. The maximum Gasteiger partial charge on any atom is 0.0378 e. The van der Waals surface area contributed by atoms with Crippen LogP contribution in [0.2, 0.25) is 0 Å². The molecule has 0 fully saturated rings. The van der Waals surface area contributed by atoms with Gasteiger partial charge in [-0.2, -0.15) is 0 Å². The molecule has 1 rings (SSSR count). The van der Waals surface area contributed by atoms with Crippen molar-refractivity contribution in [3.8, 4) is 0 Å². The van der Waals surface area contributed by atoms with Gasteiger partial charge in [-0.15, -0.1) is 0 Å². The Morgan fingerprint density at radius 3 is 2.80 bits per heavy atom. The van der Waals surface area contributed by atoms with E-state index in [1.54, 1.807) is 0 Å². The molecule has 0 saturated carbocycles. The van der Waals surface area contributed by atoms with Crippen LogP contribution in [-0.4, -0.2) is 12.1 Å². The Hall–Kier alpha value is -0.340. The van der Waals surface area contributed by atoms with Crippen molar-refractivity contribution in [1.29, 1.82) is 0 Å². The minimum atomic E-state index is 0.0836. The molecule has 0 unspecified atom stereocenters. The molecule has 0 bridgehead atoms. The topological polar surface area (TPSA) is 52.0 Å². The van der Waals surface area contributed by atoms with Crippen LogP contribution in [0.1, 0.15) is 25.7 Å². The lowest BCUT2D eigenvalue weighted by molar-refractivity contribution is 0.513. The average molecular weight is 140 g/mol. The van der Waals surface area contributed by atoms with E-state index in [4.69, 9.17) is 11.5 Å². The summed E-state index contributed by atoms with van der Waals surface area (Å²) in [5.74, 6) is 0. The van der Waals surface area contributed by atoms with Crippen LogP contribution in [0.5, 0.6) is 0 Å². The van der Waals surface area contributed by atoms with Gasteiger partial charge >= 0.3 is 0 Å². The second-order valence-corrected chi connectivity index (χ2v) is 2.95. The van der Waals surface area contributed by atoms with Crippen LogP contribution in [0.4, 0.5) is 0 Å². The summed E-state index contributed by atoms with van der Waals surface area (Å²) in [6.07, 6.45) is 8.90. The van der Waals surface area contributed by atoms with Gasteiger partial charge in [0.15, 0.2) is 0 Å². The van der Waals surface area contributed by atoms with Crippen LogP contribution in [-0.2, 0) is 0 Å². The first kappa shape index (κ1) is 7.76. The third-order valence-electron chi connectivity index (χ3n) is 2.01. The number of hydrogen-bond donors (Lipinski definition) is 2. The highest BCUT2D eigenvalue weighted by Gasteiger charge is 2.10. The molecule has 2 atom stereocenters. The summed E-state index contributed by atoms with van der Waals surface area (Å²) < 4.78 is 0. The second kappa shape index (κ2) is 3.74. The Kier molecular flexibility index (Phi) is 2.90. The Bertz CT molecular complexity index is 120. The first-order chi connectivity index (χ1) is 4.80. The summed E-state index contributed by atoms with van der Waals surface area (Å²) in [6, 6.07) is 0.261. The third-order valence-corrected chi connectivity index (χ3v) is 2.01. The van der Waals surface area contributed by atoms with E-state index in [9.17, 15) is 0 Å². The van der Waals surface area contributed by atoms with Gasteiger partial charge in [-0.25, -0.2) is 0 Å². The highest BCUT2D eigenvalue weighted by Crippen LogP contribution is 2.09. The zero-order chi connectivity index (χ0) is 7.40. The van der Waals surface area contributed by atoms with Crippen molar-refractivity contribution in [1.82, 2.24) is 0 Å². The fraction of sp³-hybridized carbons (Fsp3) is 0.750. The summed E-state index contributed by atoms with van der Waals surface area (Å²) >= 11 is 0. The normalized spacial score (nSPS) is 38.2. The zero-order valence-corrected chi connectivity index (χ0v) is 6.29. The Balaban J connectivity index is 2.44. The fourth-order valence-corrected chi connectivity index (χ4v) is 1.23. The van der Waals surface area contributed by atoms with Crippen LogP contribution in [0.25, 0.3) is 0 Å². The number of rotatable bonds is 0. The maximum atomic E-state index is 5.77. The van der Waals surface area contributed by atoms with E-state index < -0.39 is 0 Å². The molecule has 4 N–H and O–H groups in total. The lowest BCUT2D eigenvalue weighted by Crippen LogP contribution is -2.40. The molecule has 0 amide bonds. The minimum Gasteiger partial charge on any atom is -0.326 e. The number of nitrogens with two attached hydrogens (primary N) is 2. The predicted octanol–water partition coefficient (Wildman–Crippen LogP) is 0.771. The van der Waals surface area contributed by atoms with Crippen molar-refractivity contribution in [2.75, 3.05) is 0 Å². The highest BCUT2D eigenvalue weighted by atomic mass is 14.8. The highest BCUT2D eigenvalue weighted by molar-refractivity contribution is 4.98. The summed E-state index contributed by atoms with van der Waals surface area (Å²) in [5.41, 5.74) is 11.5. The maximum absolute atomic E-state index is 5.77. The van der Waals surface area contributed by atoms with E-state index in [2.05, 4.69) is 6.08 Å². The monoisotopic (exact) mass is 140 g/mol. The van der Waals surface area contributed by atoms with Crippen molar-refractivity contribution in [3.05, 3.63) is 12.2 Å². The molecule has 0 saturated heterocycles. The van der Waals surface area contributed by atoms with Crippen LogP contribution < -0.4 is 11.5 Å². The zero-order valence-electron chi connectivity index (χ0n) is 6.29. The van der Waals surface area contributed by atoms with Crippen LogP contribution in [0, 0.1) is 0 Å². The van der Waals surface area contributed by atoms with Crippen LogP contribution >= 0.6 is 0 Å². The van der Waals surface area contributed by atoms with E-state index >= 15 is 0 Å². The standard InChI is InChI=1S/C8H16N2/c9-7-5-3-1-2-4-6-8(7)10/h3,5,7-8H,1-2,4,6,9-10H2/b5-3-/t7-,8-/m1/s1. The van der Waals surface area contributed by atoms with E-state index in [1.807, 2.05) is 6.08 Å². The van der Waals surface area contributed by atoms with Crippen molar-refractivity contribution < 1.29 is 0 Å². The van der Waals surface area contributed by atoms with Gasteiger partial charge in [0.2, 0.25) is 0 Å². The summed E-state index contributed by atoms with van der Waals surface area (Å²) in [4.78, 5) is 0. The molecule has 0 aromatic carbocycles. The van der Waals surface area contributed by atoms with E-state index in [0.717, 1.165) is 6.42 Å². The smallest absolute Gasteiger partial charge is 0.0378 e. The molecule has 1 aliphatic carbocycles. The van der Waals surface area contributed by atoms with Crippen LogP contribution in [0.3, 0.4) is 0 Å². The molecule has 0 aromatic rings. The molecule has 0 heterocycles. The van der Waals surface area contributed by atoms with Gasteiger partial charge in [0.25, 0.3) is 0 Å². The van der Waals surface area contributed by atoms with Crippen molar-refractivity contribution in [3.63, 3.8) is 0 Å². The lowest BCUT2D eigenvalue weighted by atomic mass is 9.99. The molecular formula is C8H16N2. The first-order valence-electron chi connectivity index (χ1n) is 3.98. The van der Waals surface area contributed by atoms with E-state index in [0.29, 0.717) is 0 Å². The van der Waals surface area contributed by atoms with Gasteiger partial charge in [-0.1, -0.05) is 18.6 Å². The molecule has 0 radical (unpaired) electrons. The summed E-state index contributed by atoms with van der Waals surface area (Å²) in [7, 11) is 0. The molecule has 10 heavy (non-hydrogen) atoms. The lowest BCUT2D eigenvalue weighted by Gasteiger charge is -2.18. The van der Waals surface area contributed by atoms with Gasteiger partial charge in [0.05, 0.1) is 0 Å². The Morgan fingerprint density at radius 2 is 2.00 bits per heavy atom. The second-order valence-electron chi connectivity index (χ2n) is 2.95. The van der Waals surface area contributed by atoms with Crippen LogP contribution in [0.15, 0.2) is 12.2 Å². The van der Waals surface area contributed by atoms with Gasteiger partial charge in [0, 0.05) is 12.1 Å². The fourth-order valence-electron chi connectivity index (χ4n) is 1.23. The van der Waals surface area contributed by atoms with E-state index in [1.165, 1.54) is 19.3 Å². The first-order valence-corrected chi connectivity index (χ1v) is 3.98. The SMILES string of the molecule is N[C@@H]1/C=C\CCCC[C@H]1N. The molecule has 58 valence electrons. The molecular weight excluding hydrogens is 124 g/mol. The molecule has 1 aliphatic rings. The summed E-state index contributed by atoms with van der Waals surface area (Å²) in [5, 5.41) is 0. The minimum absolute atomic E-state index is 0.0836. The van der Waals surface area contributed by atoms with Crippen molar-refractivity contribution in [2.24, 2.45) is 11.5 Å². The largest absolute Gasteiger partial charge is 0.326 e. The van der Waals surface area contributed by atoms with Gasteiger partial charge in [-0.3, -0.25) is 0 Å². The van der Waals surface area contributed by atoms with Crippen molar-refractivity contribution >= 4 is 0 Å². The van der Waals surface area contributed by atoms with Crippen molar-refractivity contribution in [2.45, 2.75) is 37.8 Å². The number of hydrogen-bond acceptors (Lipinski definition) is 2. The molecule has 2 nitrogen and oxygen atoms in total. The van der Waals surface area contributed by atoms with Gasteiger partial charge < -0.3 is 11.5 Å². The molecule has 0 spiro atoms. The van der Waals surface area contributed by atoms with E-state index in [-0.39, 0.29) is 12.1 Å². The molecule has 2 heteroatoms. The number of allylic oxidation sites excluding steroid dienone is 1. The average Bonchev–Trinajstić information content (AvgIpc) is 1.92. The summed E-state index contributed by atoms with van der Waals surface area (Å²) in [6.45, 7) is 0. The quantitative estimate of drug-likeness (QED) is 0.488. The molecule has 0 aliphatic heterocycles. The Labute approximate surface area is 62.3 Å².